The van der Waals surface area contributed by atoms with Crippen molar-refractivity contribution in [2.45, 2.75) is 27.7 Å². The van der Waals surface area contributed by atoms with Gasteiger partial charge in [0.25, 0.3) is 11.8 Å². The maximum Gasteiger partial charge on any atom is 0.413 e. The molecule has 0 spiro atoms. The molecule has 0 unspecified atom stereocenters. The number of nitrogens with one attached hydrogen (secondary N) is 2. The number of thiophene rings is 1. The molecule has 6 nitrogen and oxygen atoms in total. The molecule has 0 radical (unpaired) electrons. The van der Waals surface area contributed by atoms with Crippen LogP contribution in [-0.2, 0) is 4.74 Å². The zero-order valence-electron chi connectivity index (χ0n) is 14.8. The third-order valence-electron chi connectivity index (χ3n) is 3.88. The number of carbonyl (C=O) groups is 3. The van der Waals surface area contributed by atoms with Crippen LogP contribution in [0, 0.1) is 27.7 Å². The molecule has 2 aromatic rings. The summed E-state index contributed by atoms with van der Waals surface area (Å²) in [5, 5.41) is 5.33. The van der Waals surface area contributed by atoms with Crippen LogP contribution in [-0.4, -0.2) is 25.0 Å². The summed E-state index contributed by atoms with van der Waals surface area (Å²) in [6.45, 7) is 7.38. The van der Waals surface area contributed by atoms with E-state index in [0.717, 1.165) is 16.0 Å². The molecule has 1 aromatic carbocycles. The van der Waals surface area contributed by atoms with Gasteiger partial charge in [-0.15, -0.1) is 11.3 Å². The summed E-state index contributed by atoms with van der Waals surface area (Å²) in [4.78, 5) is 37.2. The van der Waals surface area contributed by atoms with Gasteiger partial charge in [0, 0.05) is 10.4 Å². The topological polar surface area (TPSA) is 84.5 Å². The van der Waals surface area contributed by atoms with E-state index in [2.05, 4.69) is 15.4 Å². The summed E-state index contributed by atoms with van der Waals surface area (Å²) in [7, 11) is 1.18. The molecule has 132 valence electrons. The van der Waals surface area contributed by atoms with Crippen LogP contribution in [0.5, 0.6) is 0 Å². The zero-order valence-corrected chi connectivity index (χ0v) is 15.6. The molecule has 0 aliphatic heterocycles. The number of alkyl carbamates (subject to hydrolysis) is 1. The largest absolute Gasteiger partial charge is 0.453 e. The molecule has 1 aromatic heterocycles. The minimum atomic E-state index is -0.847. The Balaban J connectivity index is 2.35. The molecule has 1 heterocycles. The van der Waals surface area contributed by atoms with Crippen LogP contribution in [0.4, 0.5) is 9.80 Å². The lowest BCUT2D eigenvalue weighted by Crippen LogP contribution is -2.31. The second-order valence-corrected chi connectivity index (χ2v) is 6.93. The second kappa shape index (κ2) is 7.48. The second-order valence-electron chi connectivity index (χ2n) is 5.71. The summed E-state index contributed by atoms with van der Waals surface area (Å²) >= 11 is 1.29. The Morgan fingerprint density at radius 3 is 2.36 bits per heavy atom. The highest BCUT2D eigenvalue weighted by Gasteiger charge is 2.23. The van der Waals surface area contributed by atoms with E-state index in [-0.39, 0.29) is 11.5 Å². The Hall–Kier alpha value is -2.67. The zero-order chi connectivity index (χ0) is 18.7. The first-order chi connectivity index (χ1) is 11.7. The van der Waals surface area contributed by atoms with E-state index < -0.39 is 12.0 Å². The summed E-state index contributed by atoms with van der Waals surface area (Å²) < 4.78 is 4.45. The van der Waals surface area contributed by atoms with Gasteiger partial charge >= 0.3 is 6.09 Å². The van der Waals surface area contributed by atoms with Crippen molar-refractivity contribution in [3.05, 3.63) is 50.9 Å². The fourth-order valence-corrected chi connectivity index (χ4v) is 3.40. The van der Waals surface area contributed by atoms with Gasteiger partial charge in [0.15, 0.2) is 0 Å². The summed E-state index contributed by atoms with van der Waals surface area (Å²) in [5.41, 5.74) is 3.34. The van der Waals surface area contributed by atoms with Crippen LogP contribution >= 0.6 is 11.3 Å². The van der Waals surface area contributed by atoms with Crippen LogP contribution in [0.2, 0.25) is 0 Å². The highest BCUT2D eigenvalue weighted by atomic mass is 32.1. The van der Waals surface area contributed by atoms with Gasteiger partial charge in [0.05, 0.1) is 12.7 Å². The van der Waals surface area contributed by atoms with E-state index in [9.17, 15) is 14.4 Å². The van der Waals surface area contributed by atoms with Gasteiger partial charge < -0.3 is 10.1 Å². The van der Waals surface area contributed by atoms with Gasteiger partial charge in [-0.05, 0) is 44.9 Å². The van der Waals surface area contributed by atoms with E-state index in [0.29, 0.717) is 16.1 Å². The molecule has 2 rings (SSSR count). The lowest BCUT2D eigenvalue weighted by atomic mass is 10.0. The minimum Gasteiger partial charge on any atom is -0.453 e. The standard InChI is InChI=1S/C18H20N2O4S/c1-9-6-7-10(2)13(8-9)15(21)19-17-14(11(3)12(4)25-17)16(22)20-18(23)24-5/h6-8H,1-5H3,(H,19,21)(H,20,22,23). The number of amides is 3. The summed E-state index contributed by atoms with van der Waals surface area (Å²) in [5.74, 6) is -0.903. The van der Waals surface area contributed by atoms with Crippen molar-refractivity contribution in [2.75, 3.05) is 12.4 Å². The lowest BCUT2D eigenvalue weighted by Gasteiger charge is -2.10. The minimum absolute atomic E-state index is 0.270. The number of methoxy groups -OCH3 is 1. The maximum atomic E-state index is 12.6. The number of imide groups is 1. The Kier molecular flexibility index (Phi) is 5.58. The van der Waals surface area contributed by atoms with Crippen LogP contribution in [0.1, 0.15) is 42.3 Å². The third-order valence-corrected chi connectivity index (χ3v) is 5.00. The number of hydrogen-bond donors (Lipinski definition) is 2. The molecule has 0 aliphatic rings. The van der Waals surface area contributed by atoms with Gasteiger partial charge in [-0.1, -0.05) is 17.7 Å². The molecular weight excluding hydrogens is 340 g/mol. The fraction of sp³-hybridized carbons (Fsp3) is 0.278. The molecule has 7 heteroatoms. The Bertz CT molecular complexity index is 855. The van der Waals surface area contributed by atoms with Gasteiger partial charge in [-0.25, -0.2) is 4.79 Å². The van der Waals surface area contributed by atoms with Crippen LogP contribution in [0.15, 0.2) is 18.2 Å². The van der Waals surface area contributed by atoms with Gasteiger partial charge in [0.2, 0.25) is 0 Å². The third kappa shape index (κ3) is 4.06. The first-order valence-electron chi connectivity index (χ1n) is 7.62. The van der Waals surface area contributed by atoms with Crippen LogP contribution in [0.3, 0.4) is 0 Å². The smallest absolute Gasteiger partial charge is 0.413 e. The predicted molar refractivity (Wildman–Crippen MR) is 97.5 cm³/mol. The molecule has 0 saturated heterocycles. The molecule has 25 heavy (non-hydrogen) atoms. The molecule has 2 N–H and O–H groups in total. The van der Waals surface area contributed by atoms with Crippen LogP contribution < -0.4 is 10.6 Å². The van der Waals surface area contributed by atoms with Gasteiger partial charge in [0.1, 0.15) is 5.00 Å². The molecule has 0 bridgehead atoms. The molecule has 0 fully saturated rings. The number of rotatable bonds is 3. The van der Waals surface area contributed by atoms with Crippen molar-refractivity contribution in [1.82, 2.24) is 5.32 Å². The quantitative estimate of drug-likeness (QED) is 0.873. The molecule has 0 atom stereocenters. The molecule has 3 amide bonds. The van der Waals surface area contributed by atoms with E-state index in [1.807, 2.05) is 32.9 Å². The van der Waals surface area contributed by atoms with E-state index in [1.165, 1.54) is 18.4 Å². The number of aryl methyl sites for hydroxylation is 3. The SMILES string of the molecule is COC(=O)NC(=O)c1c(NC(=O)c2cc(C)ccc2C)sc(C)c1C. The fourth-order valence-electron chi connectivity index (χ4n) is 2.35. The first kappa shape index (κ1) is 18.7. The number of ether oxygens (including phenoxy) is 1. The normalized spacial score (nSPS) is 10.3. The molecular formula is C18H20N2O4S. The Labute approximate surface area is 150 Å². The highest BCUT2D eigenvalue weighted by molar-refractivity contribution is 7.16. The number of anilines is 1. The van der Waals surface area contributed by atoms with Crippen molar-refractivity contribution < 1.29 is 19.1 Å². The number of hydrogen-bond acceptors (Lipinski definition) is 5. The Morgan fingerprint density at radius 1 is 1.04 bits per heavy atom. The van der Waals surface area contributed by atoms with E-state index in [1.54, 1.807) is 13.0 Å². The van der Waals surface area contributed by atoms with Crippen molar-refractivity contribution in [1.29, 1.82) is 0 Å². The molecule has 0 aliphatic carbocycles. The number of benzene rings is 1. The van der Waals surface area contributed by atoms with Crippen LogP contribution in [0.25, 0.3) is 0 Å². The average molecular weight is 360 g/mol. The van der Waals surface area contributed by atoms with E-state index >= 15 is 0 Å². The predicted octanol–water partition coefficient (Wildman–Crippen LogP) is 3.73. The van der Waals surface area contributed by atoms with Gasteiger partial charge in [-0.3, -0.25) is 14.9 Å². The van der Waals surface area contributed by atoms with E-state index in [4.69, 9.17) is 0 Å². The summed E-state index contributed by atoms with van der Waals surface area (Å²) in [6.07, 6.45) is -0.847. The highest BCUT2D eigenvalue weighted by Crippen LogP contribution is 2.33. The lowest BCUT2D eigenvalue weighted by molar-refractivity contribution is 0.0937. The summed E-state index contributed by atoms with van der Waals surface area (Å²) in [6, 6.07) is 5.60. The average Bonchev–Trinajstić information content (AvgIpc) is 2.83. The number of carbonyl (C=O) groups excluding carboxylic acids is 3. The Morgan fingerprint density at radius 2 is 1.72 bits per heavy atom. The monoisotopic (exact) mass is 360 g/mol. The van der Waals surface area contributed by atoms with Gasteiger partial charge in [-0.2, -0.15) is 0 Å². The van der Waals surface area contributed by atoms with Crippen molar-refractivity contribution >= 4 is 34.2 Å². The maximum absolute atomic E-state index is 12.6. The van der Waals surface area contributed by atoms with Crippen molar-refractivity contribution in [2.24, 2.45) is 0 Å². The van der Waals surface area contributed by atoms with Crippen molar-refractivity contribution in [3.8, 4) is 0 Å². The first-order valence-corrected chi connectivity index (χ1v) is 8.44. The molecule has 0 saturated carbocycles. The van der Waals surface area contributed by atoms with Crippen molar-refractivity contribution in [3.63, 3.8) is 0 Å².